The molecule has 0 aliphatic rings. The minimum atomic E-state index is -1.87. The van der Waals surface area contributed by atoms with Crippen molar-refractivity contribution in [3.8, 4) is 0 Å². The molecular formula is C40H54N2O5S+2. The summed E-state index contributed by atoms with van der Waals surface area (Å²) in [5.74, 6) is -2.41. The van der Waals surface area contributed by atoms with E-state index >= 15 is 0 Å². The number of rotatable bonds is 14. The number of carboxylic acid groups (broad SMARTS) is 2. The standard InChI is InChI=1S/C14H10O5S.2C13H22N/c15-13(16)9-5-1-3-7-11(9)20(19)12-8-4-2-6-10(12)14(17)18;2*1-4-14(5-2,6-3)12-13-10-8-7-9-11-13/h1-8H,(H,15,16)(H,17,18);2*7-11H,4-6,12H2,1-3H3/q;2*+1. The van der Waals surface area contributed by atoms with Crippen LogP contribution in [0.3, 0.4) is 0 Å². The van der Waals surface area contributed by atoms with Crippen LogP contribution in [0.5, 0.6) is 0 Å². The Morgan fingerprint density at radius 1 is 0.500 bits per heavy atom. The maximum atomic E-state index is 12.5. The van der Waals surface area contributed by atoms with E-state index in [1.54, 1.807) is 12.1 Å². The minimum absolute atomic E-state index is 0.0775. The van der Waals surface area contributed by atoms with Crippen molar-refractivity contribution < 1.29 is 33.3 Å². The normalized spacial score (nSPS) is 11.2. The lowest BCUT2D eigenvalue weighted by atomic mass is 10.2. The van der Waals surface area contributed by atoms with Gasteiger partial charge in [-0.25, -0.2) is 9.59 Å². The summed E-state index contributed by atoms with van der Waals surface area (Å²) in [4.78, 5) is 22.4. The quantitative estimate of drug-likeness (QED) is 0.103. The first-order chi connectivity index (χ1) is 23.0. The van der Waals surface area contributed by atoms with Crippen molar-refractivity contribution in [1.29, 1.82) is 0 Å². The Kier molecular flexibility index (Phi) is 17.1. The summed E-state index contributed by atoms with van der Waals surface area (Å²) >= 11 is -1.87. The van der Waals surface area contributed by atoms with Crippen molar-refractivity contribution >= 4 is 23.1 Å². The second-order valence-electron chi connectivity index (χ2n) is 11.7. The highest BCUT2D eigenvalue weighted by atomic mass is 32.2. The van der Waals surface area contributed by atoms with Gasteiger partial charge in [0, 0.05) is 22.3 Å². The number of benzene rings is 4. The average Bonchev–Trinajstić information content (AvgIpc) is 3.14. The highest BCUT2D eigenvalue weighted by Crippen LogP contribution is 2.27. The van der Waals surface area contributed by atoms with E-state index in [9.17, 15) is 14.1 Å². The number of aromatic carboxylic acids is 2. The molecule has 7 nitrogen and oxygen atoms in total. The van der Waals surface area contributed by atoms with Crippen LogP contribution in [0.2, 0.25) is 0 Å². The molecule has 0 spiro atoms. The van der Waals surface area contributed by atoms with E-state index in [2.05, 4.69) is 102 Å². The fourth-order valence-corrected chi connectivity index (χ4v) is 7.03. The van der Waals surface area contributed by atoms with Crippen LogP contribution in [0.25, 0.3) is 0 Å². The Morgan fingerprint density at radius 3 is 1.04 bits per heavy atom. The fourth-order valence-electron chi connectivity index (χ4n) is 5.68. The van der Waals surface area contributed by atoms with Crippen LogP contribution in [0.1, 0.15) is 73.4 Å². The molecule has 0 amide bonds. The van der Waals surface area contributed by atoms with Gasteiger partial charge in [0.25, 0.3) is 0 Å². The van der Waals surface area contributed by atoms with Crippen molar-refractivity contribution in [2.45, 2.75) is 64.4 Å². The predicted octanol–water partition coefficient (Wildman–Crippen LogP) is 8.38. The summed E-state index contributed by atoms with van der Waals surface area (Å²) < 4.78 is 14.9. The van der Waals surface area contributed by atoms with Crippen molar-refractivity contribution in [2.75, 3.05) is 39.3 Å². The van der Waals surface area contributed by atoms with E-state index in [0.29, 0.717) is 0 Å². The zero-order chi connectivity index (χ0) is 35.6. The van der Waals surface area contributed by atoms with Crippen LogP contribution in [0.4, 0.5) is 0 Å². The van der Waals surface area contributed by atoms with Gasteiger partial charge in [-0.2, -0.15) is 0 Å². The van der Waals surface area contributed by atoms with Gasteiger partial charge in [0.15, 0.2) is 9.79 Å². The third-order valence-corrected chi connectivity index (χ3v) is 10.9. The molecule has 0 aliphatic carbocycles. The molecule has 258 valence electrons. The van der Waals surface area contributed by atoms with E-state index in [1.165, 1.54) is 109 Å². The highest BCUT2D eigenvalue weighted by molar-refractivity contribution is 7.91. The summed E-state index contributed by atoms with van der Waals surface area (Å²) in [6, 6.07) is 33.3. The van der Waals surface area contributed by atoms with Gasteiger partial charge in [0.1, 0.15) is 24.2 Å². The monoisotopic (exact) mass is 674 g/mol. The molecule has 4 aromatic carbocycles. The zero-order valence-corrected chi connectivity index (χ0v) is 30.3. The first kappa shape index (κ1) is 40.2. The first-order valence-corrected chi connectivity index (χ1v) is 18.0. The SMILES string of the molecule is CC[N+](CC)(CC)Cc1ccccc1.CC[N+](CC)(CC)Cc1ccccc1.O=C(O)c1ccccc1[S+]([O-])c1ccccc1C(=O)O. The van der Waals surface area contributed by atoms with E-state index < -0.39 is 23.1 Å². The van der Waals surface area contributed by atoms with E-state index in [0.717, 1.165) is 0 Å². The maximum absolute atomic E-state index is 12.5. The van der Waals surface area contributed by atoms with Gasteiger partial charge >= 0.3 is 11.9 Å². The lowest BCUT2D eigenvalue weighted by Gasteiger charge is -2.35. The number of carboxylic acids is 2. The number of carbonyl (C=O) groups is 2. The third kappa shape index (κ3) is 11.6. The van der Waals surface area contributed by atoms with Gasteiger partial charge in [-0.05, 0) is 65.8 Å². The van der Waals surface area contributed by atoms with Gasteiger partial charge in [-0.1, -0.05) is 84.9 Å². The van der Waals surface area contributed by atoms with Crippen LogP contribution >= 0.6 is 0 Å². The molecule has 0 aliphatic heterocycles. The van der Waals surface area contributed by atoms with Gasteiger partial charge in [-0.3, -0.25) is 0 Å². The number of hydrogen-bond acceptors (Lipinski definition) is 3. The number of quaternary nitrogens is 2. The van der Waals surface area contributed by atoms with Gasteiger partial charge in [0.2, 0.25) is 0 Å². The molecule has 0 atom stereocenters. The Bertz CT molecular complexity index is 1390. The third-order valence-electron chi connectivity index (χ3n) is 9.38. The Labute approximate surface area is 290 Å². The number of nitrogens with zero attached hydrogens (tertiary/aromatic N) is 2. The van der Waals surface area contributed by atoms with Crippen molar-refractivity contribution in [1.82, 2.24) is 0 Å². The maximum Gasteiger partial charge on any atom is 0.340 e. The molecule has 4 rings (SSSR count). The fraction of sp³-hybridized carbons (Fsp3) is 0.350. The molecule has 0 heterocycles. The second kappa shape index (κ2) is 20.4. The van der Waals surface area contributed by atoms with Crippen LogP contribution in [-0.2, 0) is 24.3 Å². The lowest BCUT2D eigenvalue weighted by Crippen LogP contribution is -2.46. The Morgan fingerprint density at radius 2 is 0.771 bits per heavy atom. The number of hydrogen-bond donors (Lipinski definition) is 2. The molecule has 0 unspecified atom stereocenters. The summed E-state index contributed by atoms with van der Waals surface area (Å²) in [5, 5.41) is 18.2. The summed E-state index contributed by atoms with van der Waals surface area (Å²) in [5.41, 5.74) is 2.70. The molecule has 4 aromatic rings. The molecular weight excluding hydrogens is 621 g/mol. The van der Waals surface area contributed by atoms with Crippen molar-refractivity contribution in [2.24, 2.45) is 0 Å². The average molecular weight is 675 g/mol. The largest absolute Gasteiger partial charge is 0.606 e. The first-order valence-electron chi connectivity index (χ1n) is 16.9. The van der Waals surface area contributed by atoms with E-state index in [4.69, 9.17) is 10.2 Å². The minimum Gasteiger partial charge on any atom is -0.606 e. The molecule has 2 N–H and O–H groups in total. The van der Waals surface area contributed by atoms with Gasteiger partial charge in [-0.15, -0.1) is 0 Å². The summed E-state index contributed by atoms with van der Waals surface area (Å²) in [6.07, 6.45) is 0. The Hall–Kier alpha value is -3.95. The highest BCUT2D eigenvalue weighted by Gasteiger charge is 2.27. The Balaban J connectivity index is 0.000000257. The van der Waals surface area contributed by atoms with Crippen LogP contribution < -0.4 is 0 Å². The van der Waals surface area contributed by atoms with Crippen molar-refractivity contribution in [3.63, 3.8) is 0 Å². The molecule has 0 radical (unpaired) electrons. The van der Waals surface area contributed by atoms with Crippen LogP contribution in [0.15, 0.2) is 119 Å². The molecule has 0 bridgehead atoms. The summed E-state index contributed by atoms with van der Waals surface area (Å²) in [7, 11) is 0. The molecule has 0 saturated carbocycles. The summed E-state index contributed by atoms with van der Waals surface area (Å²) in [6.45, 7) is 23.4. The van der Waals surface area contributed by atoms with Gasteiger partial charge in [0.05, 0.1) is 39.3 Å². The second-order valence-corrected chi connectivity index (χ2v) is 13.2. The van der Waals surface area contributed by atoms with E-state index in [-0.39, 0.29) is 20.9 Å². The lowest BCUT2D eigenvalue weighted by molar-refractivity contribution is -0.936. The topological polar surface area (TPSA) is 97.7 Å². The predicted molar refractivity (Wildman–Crippen MR) is 196 cm³/mol. The molecule has 0 fully saturated rings. The van der Waals surface area contributed by atoms with Gasteiger partial charge < -0.3 is 23.7 Å². The van der Waals surface area contributed by atoms with Crippen molar-refractivity contribution in [3.05, 3.63) is 131 Å². The molecule has 0 saturated heterocycles. The zero-order valence-electron chi connectivity index (χ0n) is 29.5. The van der Waals surface area contributed by atoms with Crippen LogP contribution in [0, 0.1) is 0 Å². The smallest absolute Gasteiger partial charge is 0.340 e. The molecule has 0 aromatic heterocycles. The molecule has 8 heteroatoms. The van der Waals surface area contributed by atoms with Crippen LogP contribution in [-0.4, -0.2) is 74.9 Å². The van der Waals surface area contributed by atoms with E-state index in [1.807, 2.05) is 0 Å². The molecule has 48 heavy (non-hydrogen) atoms.